The Labute approximate surface area is 123 Å². The summed E-state index contributed by atoms with van der Waals surface area (Å²) in [5.41, 5.74) is 1.51. The fourth-order valence-electron chi connectivity index (χ4n) is 2.96. The molecule has 1 aliphatic carbocycles. The van der Waals surface area contributed by atoms with Gasteiger partial charge in [-0.05, 0) is 31.4 Å². The number of aliphatic hydroxyl groups is 1. The van der Waals surface area contributed by atoms with Gasteiger partial charge in [0.25, 0.3) is 0 Å². The lowest BCUT2D eigenvalue weighted by Crippen LogP contribution is -2.43. The second kappa shape index (κ2) is 6.45. The summed E-state index contributed by atoms with van der Waals surface area (Å²) in [5, 5.41) is 9.03. The standard InChI is InChI=1S/C16H22N2O3/c19-12-4-9-17(13-5-3-6-13)10-11-18-14-7-1-2-8-15(14)21-16(18)20/h1-2,7-8,13,19H,3-6,9-12H2. The summed E-state index contributed by atoms with van der Waals surface area (Å²) in [6, 6.07) is 8.15. The summed E-state index contributed by atoms with van der Waals surface area (Å²) >= 11 is 0. The Kier molecular flexibility index (Phi) is 4.41. The van der Waals surface area contributed by atoms with E-state index < -0.39 is 0 Å². The molecule has 3 rings (SSSR count). The predicted molar refractivity (Wildman–Crippen MR) is 81.4 cm³/mol. The minimum Gasteiger partial charge on any atom is -0.408 e. The Morgan fingerprint density at radius 3 is 2.81 bits per heavy atom. The molecule has 2 aromatic rings. The molecular formula is C16H22N2O3. The van der Waals surface area contributed by atoms with Crippen molar-refractivity contribution in [2.45, 2.75) is 38.3 Å². The number of benzene rings is 1. The van der Waals surface area contributed by atoms with Crippen LogP contribution in [0, 0.1) is 0 Å². The van der Waals surface area contributed by atoms with Crippen molar-refractivity contribution in [1.29, 1.82) is 0 Å². The quantitative estimate of drug-likeness (QED) is 0.845. The van der Waals surface area contributed by atoms with Gasteiger partial charge in [0.15, 0.2) is 5.58 Å². The normalized spacial score (nSPS) is 15.7. The molecule has 1 heterocycles. The molecule has 0 radical (unpaired) electrons. The highest BCUT2D eigenvalue weighted by Gasteiger charge is 2.24. The van der Waals surface area contributed by atoms with Gasteiger partial charge in [0, 0.05) is 32.3 Å². The molecule has 0 bridgehead atoms. The van der Waals surface area contributed by atoms with Crippen LogP contribution in [0.2, 0.25) is 0 Å². The van der Waals surface area contributed by atoms with Crippen molar-refractivity contribution in [2.24, 2.45) is 0 Å². The van der Waals surface area contributed by atoms with Crippen LogP contribution in [-0.2, 0) is 6.54 Å². The number of para-hydroxylation sites is 2. The average Bonchev–Trinajstić information content (AvgIpc) is 2.75. The molecule has 0 amide bonds. The lowest BCUT2D eigenvalue weighted by Gasteiger charge is -2.37. The molecule has 1 aromatic heterocycles. The molecule has 1 N–H and O–H groups in total. The largest absolute Gasteiger partial charge is 0.419 e. The van der Waals surface area contributed by atoms with Crippen molar-refractivity contribution in [3.05, 3.63) is 34.8 Å². The summed E-state index contributed by atoms with van der Waals surface area (Å²) < 4.78 is 6.97. The number of rotatable bonds is 7. The van der Waals surface area contributed by atoms with E-state index in [1.54, 1.807) is 4.57 Å². The first-order valence-electron chi connectivity index (χ1n) is 7.73. The Balaban J connectivity index is 1.71. The maximum absolute atomic E-state index is 12.0. The number of nitrogens with zero attached hydrogens (tertiary/aromatic N) is 2. The molecule has 1 aliphatic rings. The van der Waals surface area contributed by atoms with Crippen molar-refractivity contribution < 1.29 is 9.52 Å². The van der Waals surface area contributed by atoms with E-state index in [4.69, 9.17) is 9.52 Å². The van der Waals surface area contributed by atoms with Gasteiger partial charge in [-0.2, -0.15) is 0 Å². The van der Waals surface area contributed by atoms with Crippen LogP contribution in [-0.4, -0.2) is 40.3 Å². The van der Waals surface area contributed by atoms with E-state index in [9.17, 15) is 4.79 Å². The molecule has 5 heteroatoms. The van der Waals surface area contributed by atoms with E-state index in [0.29, 0.717) is 18.2 Å². The third kappa shape index (κ3) is 3.04. The molecular weight excluding hydrogens is 268 g/mol. The third-order valence-corrected chi connectivity index (χ3v) is 4.38. The SMILES string of the molecule is O=c1oc2ccccc2n1CCN(CCCO)C1CCC1. The molecule has 1 aromatic carbocycles. The van der Waals surface area contributed by atoms with E-state index >= 15 is 0 Å². The topological polar surface area (TPSA) is 58.6 Å². The van der Waals surface area contributed by atoms with E-state index in [-0.39, 0.29) is 12.4 Å². The summed E-state index contributed by atoms with van der Waals surface area (Å²) in [5.74, 6) is -0.285. The van der Waals surface area contributed by atoms with Crippen LogP contribution in [0.4, 0.5) is 0 Å². The van der Waals surface area contributed by atoms with Gasteiger partial charge in [-0.15, -0.1) is 0 Å². The highest BCUT2D eigenvalue weighted by atomic mass is 16.4. The van der Waals surface area contributed by atoms with Gasteiger partial charge in [-0.1, -0.05) is 18.6 Å². The monoisotopic (exact) mass is 290 g/mol. The van der Waals surface area contributed by atoms with Gasteiger partial charge < -0.3 is 9.52 Å². The van der Waals surface area contributed by atoms with Gasteiger partial charge in [-0.3, -0.25) is 9.47 Å². The van der Waals surface area contributed by atoms with Crippen molar-refractivity contribution in [3.63, 3.8) is 0 Å². The van der Waals surface area contributed by atoms with Gasteiger partial charge in [0.2, 0.25) is 0 Å². The van der Waals surface area contributed by atoms with Crippen LogP contribution in [0.1, 0.15) is 25.7 Å². The molecule has 1 saturated carbocycles. The second-order valence-corrected chi connectivity index (χ2v) is 5.69. The van der Waals surface area contributed by atoms with Crippen LogP contribution in [0.3, 0.4) is 0 Å². The summed E-state index contributed by atoms with van der Waals surface area (Å²) in [6.07, 6.45) is 4.53. The molecule has 21 heavy (non-hydrogen) atoms. The summed E-state index contributed by atoms with van der Waals surface area (Å²) in [6.45, 7) is 2.58. The Bertz CT molecular complexity index is 642. The highest BCUT2D eigenvalue weighted by molar-refractivity contribution is 5.72. The van der Waals surface area contributed by atoms with Crippen molar-refractivity contribution >= 4 is 11.1 Å². The fraction of sp³-hybridized carbons (Fsp3) is 0.562. The lowest BCUT2D eigenvalue weighted by molar-refractivity contribution is 0.112. The predicted octanol–water partition coefficient (Wildman–Crippen LogP) is 1.83. The Hall–Kier alpha value is -1.59. The first-order valence-corrected chi connectivity index (χ1v) is 7.73. The van der Waals surface area contributed by atoms with E-state index in [1.165, 1.54) is 19.3 Å². The molecule has 0 aliphatic heterocycles. The smallest absolute Gasteiger partial charge is 0.408 e. The zero-order chi connectivity index (χ0) is 14.7. The Morgan fingerprint density at radius 1 is 1.29 bits per heavy atom. The zero-order valence-corrected chi connectivity index (χ0v) is 12.2. The molecule has 0 saturated heterocycles. The van der Waals surface area contributed by atoms with Crippen LogP contribution >= 0.6 is 0 Å². The van der Waals surface area contributed by atoms with Crippen molar-refractivity contribution in [1.82, 2.24) is 9.47 Å². The van der Waals surface area contributed by atoms with Gasteiger partial charge in [-0.25, -0.2) is 4.79 Å². The molecule has 0 unspecified atom stereocenters. The maximum atomic E-state index is 12.0. The average molecular weight is 290 g/mol. The minimum absolute atomic E-state index is 0.220. The zero-order valence-electron chi connectivity index (χ0n) is 12.2. The molecule has 0 atom stereocenters. The number of hydrogen-bond donors (Lipinski definition) is 1. The van der Waals surface area contributed by atoms with E-state index in [2.05, 4.69) is 4.90 Å². The third-order valence-electron chi connectivity index (χ3n) is 4.38. The number of oxazole rings is 1. The number of aromatic nitrogens is 1. The van der Waals surface area contributed by atoms with Crippen LogP contribution in [0.25, 0.3) is 11.1 Å². The van der Waals surface area contributed by atoms with Gasteiger partial charge in [0.05, 0.1) is 5.52 Å². The molecule has 1 fully saturated rings. The number of hydrogen-bond acceptors (Lipinski definition) is 4. The molecule has 5 nitrogen and oxygen atoms in total. The highest BCUT2D eigenvalue weighted by Crippen LogP contribution is 2.25. The van der Waals surface area contributed by atoms with Crippen LogP contribution < -0.4 is 5.76 Å². The maximum Gasteiger partial charge on any atom is 0.419 e. The van der Waals surface area contributed by atoms with Crippen LogP contribution in [0.15, 0.2) is 33.5 Å². The molecule has 114 valence electrons. The first-order chi connectivity index (χ1) is 10.3. The molecule has 0 spiro atoms. The fourth-order valence-corrected chi connectivity index (χ4v) is 2.96. The van der Waals surface area contributed by atoms with E-state index in [1.807, 2.05) is 24.3 Å². The van der Waals surface area contributed by atoms with Crippen LogP contribution in [0.5, 0.6) is 0 Å². The Morgan fingerprint density at radius 2 is 2.10 bits per heavy atom. The number of fused-ring (bicyclic) bond motifs is 1. The summed E-state index contributed by atoms with van der Waals surface area (Å²) in [4.78, 5) is 14.4. The first kappa shape index (κ1) is 14.4. The van der Waals surface area contributed by atoms with Crippen molar-refractivity contribution in [2.75, 3.05) is 19.7 Å². The van der Waals surface area contributed by atoms with E-state index in [0.717, 1.165) is 25.0 Å². The van der Waals surface area contributed by atoms with Gasteiger partial charge in [0.1, 0.15) is 0 Å². The summed E-state index contributed by atoms with van der Waals surface area (Å²) in [7, 11) is 0. The minimum atomic E-state index is -0.285. The number of aliphatic hydroxyl groups excluding tert-OH is 1. The lowest BCUT2D eigenvalue weighted by atomic mass is 9.91. The van der Waals surface area contributed by atoms with Crippen molar-refractivity contribution in [3.8, 4) is 0 Å². The second-order valence-electron chi connectivity index (χ2n) is 5.69. The van der Waals surface area contributed by atoms with Gasteiger partial charge >= 0.3 is 5.76 Å².